The van der Waals surface area contributed by atoms with E-state index in [1.54, 1.807) is 0 Å². The second-order valence-corrected chi connectivity index (χ2v) is 9.03. The van der Waals surface area contributed by atoms with Crippen LogP contribution in [0.1, 0.15) is 31.2 Å². The molecule has 1 aromatic rings. The lowest BCUT2D eigenvalue weighted by Crippen LogP contribution is -2.48. The predicted molar refractivity (Wildman–Crippen MR) is 90.0 cm³/mol. The fourth-order valence-electron chi connectivity index (χ4n) is 2.58. The van der Waals surface area contributed by atoms with Crippen LogP contribution < -0.4 is 0 Å². The first-order chi connectivity index (χ1) is 9.97. The number of esters is 2. The van der Waals surface area contributed by atoms with Crippen LogP contribution in [0.25, 0.3) is 0 Å². The van der Waals surface area contributed by atoms with Gasteiger partial charge in [0.05, 0.1) is 0 Å². The van der Waals surface area contributed by atoms with Crippen LogP contribution in [-0.2, 0) is 19.1 Å². The first-order valence-electron chi connectivity index (χ1n) is 6.73. The van der Waals surface area contributed by atoms with E-state index in [1.807, 2.05) is 25.1 Å². The van der Waals surface area contributed by atoms with Gasteiger partial charge in [-0.25, -0.2) is 9.59 Å². The van der Waals surface area contributed by atoms with Gasteiger partial charge in [0.25, 0.3) is 5.79 Å². The molecule has 0 amide bonds. The zero-order chi connectivity index (χ0) is 15.0. The fraction of sp³-hybridized carbons (Fsp3) is 0.400. The van der Waals surface area contributed by atoms with E-state index in [1.165, 1.54) is 0 Å². The Bertz CT molecular complexity index is 605. The number of halogens is 2. The first kappa shape index (κ1) is 15.1. The van der Waals surface area contributed by atoms with Gasteiger partial charge in [0.15, 0.2) is 3.51 Å². The molecule has 21 heavy (non-hydrogen) atoms. The monoisotopic (exact) mass is 464 g/mol. The molecule has 1 aromatic carbocycles. The third kappa shape index (κ3) is 3.21. The molecule has 0 radical (unpaired) electrons. The van der Waals surface area contributed by atoms with Crippen molar-refractivity contribution in [3.05, 3.63) is 31.8 Å². The summed E-state index contributed by atoms with van der Waals surface area (Å²) in [6.45, 7) is 1.98. The van der Waals surface area contributed by atoms with Crippen molar-refractivity contribution in [1.82, 2.24) is 0 Å². The lowest BCUT2D eigenvalue weighted by molar-refractivity contribution is -0.224. The summed E-state index contributed by atoms with van der Waals surface area (Å²) in [7, 11) is 0. The molecule has 2 fully saturated rings. The van der Waals surface area contributed by atoms with Crippen LogP contribution in [0.4, 0.5) is 0 Å². The predicted octanol–water partition coefficient (Wildman–Crippen LogP) is 3.44. The van der Waals surface area contributed by atoms with Crippen molar-refractivity contribution in [1.29, 1.82) is 0 Å². The molecule has 0 aromatic heterocycles. The van der Waals surface area contributed by atoms with E-state index in [0.29, 0.717) is 12.8 Å². The third-order valence-electron chi connectivity index (χ3n) is 3.49. The third-order valence-corrected chi connectivity index (χ3v) is 6.62. The Kier molecular flexibility index (Phi) is 4.18. The highest BCUT2D eigenvalue weighted by molar-refractivity contribution is 14.2. The van der Waals surface area contributed by atoms with Crippen LogP contribution in [-0.4, -0.2) is 21.2 Å². The van der Waals surface area contributed by atoms with Gasteiger partial charge in [-0.2, -0.15) is 0 Å². The van der Waals surface area contributed by atoms with Crippen molar-refractivity contribution < 1.29 is 19.1 Å². The standard InChI is InChI=1S/C15H14BrIO4/c1-9-6-10(16)8-11(7-9)17-12-13(18)20-15(21-14(12)19)4-2-3-5-15/h6-8H,2-5H2,1H3. The average molecular weight is 465 g/mol. The van der Waals surface area contributed by atoms with Crippen molar-refractivity contribution in [2.45, 2.75) is 38.4 Å². The molecule has 6 heteroatoms. The maximum Gasteiger partial charge on any atom is 0.354 e. The summed E-state index contributed by atoms with van der Waals surface area (Å²) in [5.41, 5.74) is 1.09. The number of rotatable bonds is 1. The molecule has 112 valence electrons. The Morgan fingerprint density at radius 1 is 1.10 bits per heavy atom. The Hall–Kier alpha value is -0.760. The van der Waals surface area contributed by atoms with Gasteiger partial charge in [0.2, 0.25) is 0 Å². The van der Waals surface area contributed by atoms with E-state index in [9.17, 15) is 9.59 Å². The summed E-state index contributed by atoms with van der Waals surface area (Å²) in [6, 6.07) is 5.92. The molecule has 1 heterocycles. The molecule has 2 aliphatic rings. The van der Waals surface area contributed by atoms with Crippen LogP contribution >= 0.6 is 36.7 Å². The van der Waals surface area contributed by atoms with E-state index in [-0.39, 0.29) is 3.51 Å². The SMILES string of the molecule is Cc1cc(Br)cc(I=C2C(=O)OC3(CCCC3)OC2=O)c1. The van der Waals surface area contributed by atoms with E-state index >= 15 is 0 Å². The molecule has 3 rings (SSSR count). The lowest BCUT2D eigenvalue weighted by atomic mass is 10.2. The van der Waals surface area contributed by atoms with Gasteiger partial charge in [0, 0.05) is 20.9 Å². The molecule has 1 spiro atoms. The highest BCUT2D eigenvalue weighted by Crippen LogP contribution is 2.38. The number of ether oxygens (including phenoxy) is 2. The van der Waals surface area contributed by atoms with Gasteiger partial charge in [-0.3, -0.25) is 0 Å². The zero-order valence-corrected chi connectivity index (χ0v) is 15.2. The summed E-state index contributed by atoms with van der Waals surface area (Å²) in [5, 5.41) is 0. The largest absolute Gasteiger partial charge is 0.418 e. The second kappa shape index (κ2) is 5.79. The number of aryl methyl sites for hydroxylation is 1. The Balaban J connectivity index is 1.90. The average Bonchev–Trinajstić information content (AvgIpc) is 2.81. The fourth-order valence-corrected chi connectivity index (χ4v) is 6.04. The Labute approximate surface area is 141 Å². The smallest absolute Gasteiger partial charge is 0.354 e. The van der Waals surface area contributed by atoms with Crippen LogP contribution in [0.15, 0.2) is 22.7 Å². The van der Waals surface area contributed by atoms with Crippen LogP contribution in [0.5, 0.6) is 0 Å². The van der Waals surface area contributed by atoms with Gasteiger partial charge in [-0.15, -0.1) is 0 Å². The number of carbonyl (C=O) groups excluding carboxylic acids is 2. The molecule has 1 saturated heterocycles. The van der Waals surface area contributed by atoms with E-state index in [0.717, 1.165) is 26.4 Å². The topological polar surface area (TPSA) is 52.6 Å². The minimum absolute atomic E-state index is 0.184. The van der Waals surface area contributed by atoms with Crippen molar-refractivity contribution in [3.63, 3.8) is 0 Å². The summed E-state index contributed by atoms with van der Waals surface area (Å²) in [5.74, 6) is -1.95. The highest BCUT2D eigenvalue weighted by atomic mass is 127. The van der Waals surface area contributed by atoms with Gasteiger partial charge in [-0.05, 0) is 43.5 Å². The van der Waals surface area contributed by atoms with Crippen molar-refractivity contribution in [2.24, 2.45) is 0 Å². The summed E-state index contributed by atoms with van der Waals surface area (Å²) in [4.78, 5) is 24.4. The van der Waals surface area contributed by atoms with Gasteiger partial charge < -0.3 is 9.47 Å². The number of benzene rings is 1. The van der Waals surface area contributed by atoms with Gasteiger partial charge in [0.1, 0.15) is 0 Å². The molecule has 0 N–H and O–H groups in total. The van der Waals surface area contributed by atoms with Crippen molar-refractivity contribution in [3.8, 4) is 0 Å². The lowest BCUT2D eigenvalue weighted by Gasteiger charge is -2.32. The van der Waals surface area contributed by atoms with Gasteiger partial charge >= 0.3 is 11.9 Å². The summed E-state index contributed by atoms with van der Waals surface area (Å²) >= 11 is 2.53. The highest BCUT2D eigenvalue weighted by Gasteiger charge is 2.48. The maximum atomic E-state index is 12.2. The van der Waals surface area contributed by atoms with E-state index < -0.39 is 38.5 Å². The van der Waals surface area contributed by atoms with Crippen LogP contribution in [0, 0.1) is 10.5 Å². The van der Waals surface area contributed by atoms with Crippen molar-refractivity contribution in [2.75, 3.05) is 0 Å². The van der Waals surface area contributed by atoms with Crippen molar-refractivity contribution >= 4 is 52.1 Å². The molecule has 0 bridgehead atoms. The molecular formula is C15H14BrIO4. The number of hydrogen-bond acceptors (Lipinski definition) is 4. The van der Waals surface area contributed by atoms with Gasteiger partial charge in [-0.1, -0.05) is 36.7 Å². The quantitative estimate of drug-likeness (QED) is 0.472. The minimum atomic E-state index is -0.978. The molecule has 0 unspecified atom stereocenters. The summed E-state index contributed by atoms with van der Waals surface area (Å²) < 4.78 is 13.0. The molecule has 1 aliphatic carbocycles. The Morgan fingerprint density at radius 2 is 1.71 bits per heavy atom. The molecule has 0 atom stereocenters. The van der Waals surface area contributed by atoms with Crippen LogP contribution in [0.2, 0.25) is 0 Å². The van der Waals surface area contributed by atoms with Crippen LogP contribution in [0.3, 0.4) is 0 Å². The second-order valence-electron chi connectivity index (χ2n) is 5.25. The molecule has 4 nitrogen and oxygen atoms in total. The Morgan fingerprint density at radius 3 is 2.29 bits per heavy atom. The zero-order valence-electron chi connectivity index (χ0n) is 11.4. The van der Waals surface area contributed by atoms with E-state index in [4.69, 9.17) is 9.47 Å². The first-order valence-corrected chi connectivity index (χ1v) is 9.68. The summed E-state index contributed by atoms with van der Waals surface area (Å²) in [6.07, 6.45) is 3.09. The number of hydrogen-bond donors (Lipinski definition) is 0. The van der Waals surface area contributed by atoms with E-state index in [2.05, 4.69) is 15.9 Å². The minimum Gasteiger partial charge on any atom is -0.418 e. The molecule has 1 saturated carbocycles. The molecular weight excluding hydrogens is 451 g/mol. The molecule has 1 aliphatic heterocycles. The number of carbonyl (C=O) groups is 2. The maximum absolute atomic E-state index is 12.2. The normalized spacial score (nSPS) is 20.6.